The molecular formula is C19H21NO7. The zero-order valence-electron chi connectivity index (χ0n) is 15.0. The lowest BCUT2D eigenvalue weighted by Crippen LogP contribution is -2.12. The number of hydrogen-bond donors (Lipinski definition) is 3. The molecule has 1 aliphatic heterocycles. The van der Waals surface area contributed by atoms with Crippen LogP contribution in [0.2, 0.25) is 0 Å². The number of carboxylic acid groups (broad SMARTS) is 2. The molecule has 2 aromatic rings. The number of rotatable bonds is 5. The van der Waals surface area contributed by atoms with E-state index in [1.807, 2.05) is 12.1 Å². The minimum absolute atomic E-state index is 0.256. The fourth-order valence-electron chi connectivity index (χ4n) is 2.34. The molecule has 27 heavy (non-hydrogen) atoms. The van der Waals surface area contributed by atoms with E-state index in [1.165, 1.54) is 11.1 Å². The summed E-state index contributed by atoms with van der Waals surface area (Å²) < 4.78 is 16.2. The summed E-state index contributed by atoms with van der Waals surface area (Å²) in [5.74, 6) is -1.48. The maximum atomic E-state index is 9.10. The first kappa shape index (κ1) is 20.1. The van der Waals surface area contributed by atoms with E-state index in [1.54, 1.807) is 7.11 Å². The molecule has 8 nitrogen and oxygen atoms in total. The second-order valence-electron chi connectivity index (χ2n) is 5.73. The number of methoxy groups -OCH3 is 1. The zero-order chi connectivity index (χ0) is 19.8. The highest BCUT2D eigenvalue weighted by atomic mass is 16.7. The third-order valence-electron chi connectivity index (χ3n) is 3.68. The molecule has 0 radical (unpaired) electrons. The normalized spacial score (nSPS) is 11.3. The van der Waals surface area contributed by atoms with Gasteiger partial charge in [0.1, 0.15) is 0 Å². The van der Waals surface area contributed by atoms with Crippen molar-refractivity contribution in [2.75, 3.05) is 13.9 Å². The third kappa shape index (κ3) is 5.89. The fourth-order valence-corrected chi connectivity index (χ4v) is 2.34. The number of hydrogen-bond acceptors (Lipinski definition) is 6. The lowest BCUT2D eigenvalue weighted by Gasteiger charge is -2.09. The van der Waals surface area contributed by atoms with Gasteiger partial charge in [-0.25, -0.2) is 9.59 Å². The minimum Gasteiger partial charge on any atom is -0.493 e. The van der Waals surface area contributed by atoms with Crippen LogP contribution in [0.3, 0.4) is 0 Å². The van der Waals surface area contributed by atoms with Crippen LogP contribution < -0.4 is 19.5 Å². The first-order valence-corrected chi connectivity index (χ1v) is 8.09. The van der Waals surface area contributed by atoms with Gasteiger partial charge in [-0.05, 0) is 30.2 Å². The number of ether oxygens (including phenoxy) is 3. The Bertz CT molecular complexity index is 790. The van der Waals surface area contributed by atoms with E-state index in [9.17, 15) is 0 Å². The van der Waals surface area contributed by atoms with Crippen LogP contribution in [-0.4, -0.2) is 36.1 Å². The van der Waals surface area contributed by atoms with E-state index in [0.717, 1.165) is 30.2 Å². The molecule has 1 aliphatic rings. The smallest absolute Gasteiger partial charge is 0.414 e. The summed E-state index contributed by atoms with van der Waals surface area (Å²) in [5.41, 5.74) is 3.66. The molecule has 0 spiro atoms. The SMILES string of the molecule is COc1cc(CNCc2ccc(C)cc2)cc2c1OCO2.O=C(O)C(=O)O. The molecule has 0 aliphatic carbocycles. The standard InChI is InChI=1S/C17H19NO3.C2H2O4/c1-12-3-5-13(6-4-12)9-18-10-14-7-15(19-2)17-16(8-14)20-11-21-17;3-1(4)2(5)6/h3-8,18H,9-11H2,1-2H3;(H,3,4)(H,5,6). The molecule has 0 atom stereocenters. The summed E-state index contributed by atoms with van der Waals surface area (Å²) in [6.45, 7) is 3.93. The van der Waals surface area contributed by atoms with Crippen LogP contribution in [0, 0.1) is 6.92 Å². The Balaban J connectivity index is 0.000000380. The topological polar surface area (TPSA) is 114 Å². The number of aliphatic carboxylic acids is 2. The van der Waals surface area contributed by atoms with E-state index in [-0.39, 0.29) is 6.79 Å². The van der Waals surface area contributed by atoms with E-state index < -0.39 is 11.9 Å². The van der Waals surface area contributed by atoms with Crippen molar-refractivity contribution in [1.29, 1.82) is 0 Å². The lowest BCUT2D eigenvalue weighted by atomic mass is 10.1. The van der Waals surface area contributed by atoms with Crippen LogP contribution in [0.25, 0.3) is 0 Å². The van der Waals surface area contributed by atoms with E-state index in [0.29, 0.717) is 5.75 Å². The van der Waals surface area contributed by atoms with Gasteiger partial charge in [0, 0.05) is 13.1 Å². The van der Waals surface area contributed by atoms with Gasteiger partial charge >= 0.3 is 11.9 Å². The van der Waals surface area contributed by atoms with Gasteiger partial charge in [-0.15, -0.1) is 0 Å². The molecule has 0 saturated carbocycles. The Morgan fingerprint density at radius 3 is 2.26 bits per heavy atom. The largest absolute Gasteiger partial charge is 0.493 e. The van der Waals surface area contributed by atoms with Gasteiger partial charge in [-0.2, -0.15) is 0 Å². The van der Waals surface area contributed by atoms with Crippen molar-refractivity contribution in [3.8, 4) is 17.2 Å². The second kappa shape index (κ2) is 9.44. The molecule has 8 heteroatoms. The summed E-state index contributed by atoms with van der Waals surface area (Å²) in [4.78, 5) is 18.2. The summed E-state index contributed by atoms with van der Waals surface area (Å²) in [7, 11) is 1.64. The number of benzene rings is 2. The molecular weight excluding hydrogens is 354 g/mol. The number of fused-ring (bicyclic) bond motifs is 1. The van der Waals surface area contributed by atoms with Gasteiger partial charge in [-0.1, -0.05) is 29.8 Å². The highest BCUT2D eigenvalue weighted by Crippen LogP contribution is 2.41. The number of carbonyl (C=O) groups is 2. The van der Waals surface area contributed by atoms with Crippen LogP contribution in [0.15, 0.2) is 36.4 Å². The van der Waals surface area contributed by atoms with E-state index in [2.05, 4.69) is 36.5 Å². The molecule has 1 heterocycles. The molecule has 0 fully saturated rings. The fraction of sp³-hybridized carbons (Fsp3) is 0.263. The van der Waals surface area contributed by atoms with Crippen LogP contribution in [0.1, 0.15) is 16.7 Å². The predicted octanol–water partition coefficient (Wildman–Crippen LogP) is 2.18. The van der Waals surface area contributed by atoms with Crippen LogP contribution in [0.4, 0.5) is 0 Å². The summed E-state index contributed by atoms with van der Waals surface area (Å²) in [6.07, 6.45) is 0. The van der Waals surface area contributed by atoms with Crippen molar-refractivity contribution >= 4 is 11.9 Å². The molecule has 0 unspecified atom stereocenters. The maximum Gasteiger partial charge on any atom is 0.414 e. The molecule has 3 N–H and O–H groups in total. The van der Waals surface area contributed by atoms with Crippen LogP contribution in [0.5, 0.6) is 17.2 Å². The van der Waals surface area contributed by atoms with Gasteiger partial charge in [0.2, 0.25) is 12.5 Å². The first-order valence-electron chi connectivity index (χ1n) is 8.09. The molecule has 0 bridgehead atoms. The Kier molecular flexibility index (Phi) is 7.01. The summed E-state index contributed by atoms with van der Waals surface area (Å²) in [5, 5.41) is 18.2. The monoisotopic (exact) mass is 375 g/mol. The van der Waals surface area contributed by atoms with Crippen molar-refractivity contribution in [3.63, 3.8) is 0 Å². The second-order valence-corrected chi connectivity index (χ2v) is 5.73. The highest BCUT2D eigenvalue weighted by molar-refractivity contribution is 6.27. The maximum absolute atomic E-state index is 9.10. The van der Waals surface area contributed by atoms with Gasteiger partial charge in [-0.3, -0.25) is 0 Å². The molecule has 0 saturated heterocycles. The lowest BCUT2D eigenvalue weighted by molar-refractivity contribution is -0.159. The Morgan fingerprint density at radius 1 is 1.04 bits per heavy atom. The van der Waals surface area contributed by atoms with Crippen LogP contribution in [-0.2, 0) is 22.7 Å². The van der Waals surface area contributed by atoms with Crippen molar-refractivity contribution < 1.29 is 34.0 Å². The van der Waals surface area contributed by atoms with Gasteiger partial charge in [0.15, 0.2) is 11.5 Å². The molecule has 144 valence electrons. The highest BCUT2D eigenvalue weighted by Gasteiger charge is 2.19. The van der Waals surface area contributed by atoms with Crippen molar-refractivity contribution in [1.82, 2.24) is 5.32 Å². The predicted molar refractivity (Wildman–Crippen MR) is 96.1 cm³/mol. The molecule has 3 rings (SSSR count). The Morgan fingerprint density at radius 2 is 1.67 bits per heavy atom. The minimum atomic E-state index is -1.82. The molecule has 2 aromatic carbocycles. The zero-order valence-corrected chi connectivity index (χ0v) is 15.0. The van der Waals surface area contributed by atoms with E-state index in [4.69, 9.17) is 34.0 Å². The van der Waals surface area contributed by atoms with Crippen molar-refractivity contribution in [3.05, 3.63) is 53.1 Å². The molecule has 0 amide bonds. The van der Waals surface area contributed by atoms with Crippen molar-refractivity contribution in [2.45, 2.75) is 20.0 Å². The average Bonchev–Trinajstić information content (AvgIpc) is 3.11. The van der Waals surface area contributed by atoms with Gasteiger partial charge in [0.25, 0.3) is 0 Å². The quantitative estimate of drug-likeness (QED) is 0.682. The first-order chi connectivity index (χ1) is 12.9. The van der Waals surface area contributed by atoms with Crippen LogP contribution >= 0.6 is 0 Å². The number of nitrogens with one attached hydrogen (secondary N) is 1. The average molecular weight is 375 g/mol. The molecule has 0 aromatic heterocycles. The van der Waals surface area contributed by atoms with Gasteiger partial charge < -0.3 is 29.7 Å². The summed E-state index contributed by atoms with van der Waals surface area (Å²) >= 11 is 0. The Hall–Kier alpha value is -3.26. The van der Waals surface area contributed by atoms with E-state index >= 15 is 0 Å². The summed E-state index contributed by atoms with van der Waals surface area (Å²) in [6, 6.07) is 12.5. The van der Waals surface area contributed by atoms with Crippen molar-refractivity contribution in [2.24, 2.45) is 0 Å². The number of aryl methyl sites for hydroxylation is 1. The third-order valence-corrected chi connectivity index (χ3v) is 3.68. The number of carboxylic acids is 2. The Labute approximate surface area is 156 Å². The van der Waals surface area contributed by atoms with Gasteiger partial charge in [0.05, 0.1) is 7.11 Å².